The quantitative estimate of drug-likeness (QED) is 0.588. The van der Waals surface area contributed by atoms with Gasteiger partial charge in [0.05, 0.1) is 11.8 Å². The highest BCUT2D eigenvalue weighted by molar-refractivity contribution is 7.90. The molecule has 3 N–H and O–H groups in total. The highest BCUT2D eigenvalue weighted by atomic mass is 32.2. The monoisotopic (exact) mass is 261 g/mol. The van der Waals surface area contributed by atoms with Crippen molar-refractivity contribution in [1.29, 1.82) is 0 Å². The van der Waals surface area contributed by atoms with Crippen molar-refractivity contribution >= 4 is 15.9 Å². The zero-order valence-electron chi connectivity index (χ0n) is 9.74. The summed E-state index contributed by atoms with van der Waals surface area (Å²) in [7, 11) is -3.37. The number of carbonyl (C=O) groups is 1. The lowest BCUT2D eigenvalue weighted by Crippen LogP contribution is -2.47. The van der Waals surface area contributed by atoms with Crippen LogP contribution in [0.2, 0.25) is 0 Å². The Kier molecular flexibility index (Phi) is 4.01. The SMILES string of the molecule is O=C(CNS(=O)(=O)C1CCCNC1)NC1CC1. The third-order valence-corrected chi connectivity index (χ3v) is 4.89. The maximum atomic E-state index is 11.9. The number of piperidine rings is 1. The minimum atomic E-state index is -3.37. The Labute approximate surface area is 102 Å². The molecule has 2 aliphatic rings. The van der Waals surface area contributed by atoms with Crippen LogP contribution >= 0.6 is 0 Å². The van der Waals surface area contributed by atoms with Crippen LogP contribution in [0.3, 0.4) is 0 Å². The number of sulfonamides is 1. The molecular formula is C10H19N3O3S. The second kappa shape index (κ2) is 5.32. The van der Waals surface area contributed by atoms with Crippen LogP contribution in [-0.4, -0.2) is 45.3 Å². The van der Waals surface area contributed by atoms with Gasteiger partial charge in [0.15, 0.2) is 0 Å². The molecular weight excluding hydrogens is 242 g/mol. The molecule has 0 aromatic carbocycles. The summed E-state index contributed by atoms with van der Waals surface area (Å²) in [5.41, 5.74) is 0. The highest BCUT2D eigenvalue weighted by Crippen LogP contribution is 2.18. The van der Waals surface area contributed by atoms with E-state index in [1.807, 2.05) is 0 Å². The predicted molar refractivity (Wildman–Crippen MR) is 64.0 cm³/mol. The first-order valence-electron chi connectivity index (χ1n) is 6.06. The Bertz CT molecular complexity index is 372. The van der Waals surface area contributed by atoms with E-state index in [1.54, 1.807) is 0 Å². The van der Waals surface area contributed by atoms with E-state index in [0.717, 1.165) is 25.8 Å². The van der Waals surface area contributed by atoms with Crippen molar-refractivity contribution in [2.45, 2.75) is 37.0 Å². The summed E-state index contributed by atoms with van der Waals surface area (Å²) >= 11 is 0. The van der Waals surface area contributed by atoms with Gasteiger partial charge in [-0.15, -0.1) is 0 Å². The molecule has 17 heavy (non-hydrogen) atoms. The van der Waals surface area contributed by atoms with Crippen LogP contribution < -0.4 is 15.4 Å². The molecule has 0 radical (unpaired) electrons. The third-order valence-electron chi connectivity index (χ3n) is 3.07. The van der Waals surface area contributed by atoms with Crippen molar-refractivity contribution < 1.29 is 13.2 Å². The largest absolute Gasteiger partial charge is 0.352 e. The first-order chi connectivity index (χ1) is 8.08. The van der Waals surface area contributed by atoms with Gasteiger partial charge in [-0.25, -0.2) is 13.1 Å². The molecule has 2 fully saturated rings. The Hall–Kier alpha value is -0.660. The van der Waals surface area contributed by atoms with Gasteiger partial charge in [0.1, 0.15) is 0 Å². The predicted octanol–water partition coefficient (Wildman–Crippen LogP) is -1.06. The minimum absolute atomic E-state index is 0.144. The topological polar surface area (TPSA) is 87.3 Å². The van der Waals surface area contributed by atoms with E-state index < -0.39 is 15.3 Å². The first kappa shape index (κ1) is 12.8. The summed E-state index contributed by atoms with van der Waals surface area (Å²) in [5.74, 6) is -0.236. The van der Waals surface area contributed by atoms with Gasteiger partial charge in [0.25, 0.3) is 0 Å². The van der Waals surface area contributed by atoms with Gasteiger partial charge < -0.3 is 10.6 Å². The zero-order valence-corrected chi connectivity index (χ0v) is 10.6. The standard InChI is InChI=1S/C10H19N3O3S/c14-10(13-8-3-4-8)7-12-17(15,16)9-2-1-5-11-6-9/h8-9,11-12H,1-7H2,(H,13,14). The Morgan fingerprint density at radius 1 is 1.29 bits per heavy atom. The molecule has 6 nitrogen and oxygen atoms in total. The molecule has 0 aromatic heterocycles. The molecule has 0 aromatic rings. The molecule has 1 heterocycles. The summed E-state index contributed by atoms with van der Waals surface area (Å²) in [6, 6.07) is 0.267. The van der Waals surface area contributed by atoms with Gasteiger partial charge in [-0.3, -0.25) is 4.79 Å². The number of rotatable bonds is 5. The third kappa shape index (κ3) is 3.93. The molecule has 1 amide bonds. The van der Waals surface area contributed by atoms with E-state index in [2.05, 4.69) is 15.4 Å². The molecule has 0 bridgehead atoms. The van der Waals surface area contributed by atoms with Crippen LogP contribution in [0.5, 0.6) is 0 Å². The number of hydrogen-bond donors (Lipinski definition) is 3. The maximum Gasteiger partial charge on any atom is 0.235 e. The second-order valence-corrected chi connectivity index (χ2v) is 6.72. The molecule has 1 saturated carbocycles. The molecule has 0 spiro atoms. The van der Waals surface area contributed by atoms with E-state index in [9.17, 15) is 13.2 Å². The highest BCUT2D eigenvalue weighted by Gasteiger charge is 2.28. The summed E-state index contributed by atoms with van der Waals surface area (Å²) in [6.07, 6.45) is 3.53. The number of amides is 1. The summed E-state index contributed by atoms with van der Waals surface area (Å²) in [5, 5.41) is 5.39. The fraction of sp³-hybridized carbons (Fsp3) is 0.900. The van der Waals surface area contributed by atoms with Gasteiger partial charge in [0.2, 0.25) is 15.9 Å². The van der Waals surface area contributed by atoms with Gasteiger partial charge in [-0.2, -0.15) is 0 Å². The Morgan fingerprint density at radius 3 is 2.65 bits per heavy atom. The van der Waals surface area contributed by atoms with E-state index in [4.69, 9.17) is 0 Å². The lowest BCUT2D eigenvalue weighted by atomic mass is 10.2. The van der Waals surface area contributed by atoms with E-state index in [0.29, 0.717) is 13.0 Å². The smallest absolute Gasteiger partial charge is 0.235 e. The van der Waals surface area contributed by atoms with Crippen molar-refractivity contribution in [3.8, 4) is 0 Å². The molecule has 1 saturated heterocycles. The lowest BCUT2D eigenvalue weighted by molar-refractivity contribution is -0.120. The average molecular weight is 261 g/mol. The maximum absolute atomic E-state index is 11.9. The van der Waals surface area contributed by atoms with Gasteiger partial charge in [-0.05, 0) is 32.2 Å². The van der Waals surface area contributed by atoms with Gasteiger partial charge >= 0.3 is 0 Å². The Balaban J connectivity index is 1.77. The zero-order chi connectivity index (χ0) is 12.3. The molecule has 1 unspecified atom stereocenters. The van der Waals surface area contributed by atoms with Crippen LogP contribution in [0.15, 0.2) is 0 Å². The molecule has 1 atom stereocenters. The normalized spacial score (nSPS) is 25.5. The molecule has 7 heteroatoms. The van der Waals surface area contributed by atoms with E-state index in [1.165, 1.54) is 0 Å². The van der Waals surface area contributed by atoms with Crippen LogP contribution in [0.1, 0.15) is 25.7 Å². The second-order valence-electron chi connectivity index (χ2n) is 4.68. The van der Waals surface area contributed by atoms with Crippen LogP contribution in [0, 0.1) is 0 Å². The summed E-state index contributed by atoms with van der Waals surface area (Å²) in [6.45, 7) is 1.20. The van der Waals surface area contributed by atoms with Crippen molar-refractivity contribution in [1.82, 2.24) is 15.4 Å². The fourth-order valence-electron chi connectivity index (χ4n) is 1.88. The molecule has 1 aliphatic carbocycles. The van der Waals surface area contributed by atoms with Crippen molar-refractivity contribution in [2.75, 3.05) is 19.6 Å². The lowest BCUT2D eigenvalue weighted by Gasteiger charge is -2.22. The molecule has 1 aliphatic heterocycles. The first-order valence-corrected chi connectivity index (χ1v) is 7.61. The van der Waals surface area contributed by atoms with Crippen LogP contribution in [-0.2, 0) is 14.8 Å². The summed E-state index contributed by atoms with van der Waals surface area (Å²) in [4.78, 5) is 11.4. The fourth-order valence-corrected chi connectivity index (χ4v) is 3.26. The number of carbonyl (C=O) groups excluding carboxylic acids is 1. The number of nitrogens with one attached hydrogen (secondary N) is 3. The van der Waals surface area contributed by atoms with Crippen molar-refractivity contribution in [3.63, 3.8) is 0 Å². The van der Waals surface area contributed by atoms with Crippen molar-refractivity contribution in [2.24, 2.45) is 0 Å². The molecule has 98 valence electrons. The van der Waals surface area contributed by atoms with E-state index in [-0.39, 0.29) is 18.5 Å². The molecule has 2 rings (SSSR count). The van der Waals surface area contributed by atoms with Crippen molar-refractivity contribution in [3.05, 3.63) is 0 Å². The number of hydrogen-bond acceptors (Lipinski definition) is 4. The van der Waals surface area contributed by atoms with E-state index >= 15 is 0 Å². The Morgan fingerprint density at radius 2 is 2.06 bits per heavy atom. The average Bonchev–Trinajstić information content (AvgIpc) is 3.12. The van der Waals surface area contributed by atoms with Crippen LogP contribution in [0.25, 0.3) is 0 Å². The summed E-state index contributed by atoms with van der Waals surface area (Å²) < 4.78 is 26.1. The minimum Gasteiger partial charge on any atom is -0.352 e. The van der Waals surface area contributed by atoms with Gasteiger partial charge in [-0.1, -0.05) is 0 Å². The van der Waals surface area contributed by atoms with Crippen LogP contribution in [0.4, 0.5) is 0 Å². The van der Waals surface area contributed by atoms with Gasteiger partial charge in [0, 0.05) is 12.6 Å².